The summed E-state index contributed by atoms with van der Waals surface area (Å²) in [6.07, 6.45) is 0.0486. The van der Waals surface area contributed by atoms with E-state index in [-0.39, 0.29) is 55.3 Å². The van der Waals surface area contributed by atoms with E-state index in [4.69, 9.17) is 14.2 Å². The van der Waals surface area contributed by atoms with Crippen molar-refractivity contribution < 1.29 is 64.7 Å². The standard InChI is InChI=1S/C20H21NO3S.2C19H19NO3S.C19H15NO2S2.2C18H17NO2S/c1-14(2)24-18-9-11-19(12-10-18)25(22,23)13-17-6-4-5-16-8-7-15(3)21-20(16)17;1-13-6-4-9-17(19(13)23-3)24(21,22)12-16-8-5-7-15-11-10-14(2)20-18(15)16;1-3-23-17-9-11-18(12-10-17)24(21,22)13-16-6-4-5-15-8-7-14(2)20-19(15)16;1-13-9-10-14-6-4-7-16(19(14)20-13)12-24(21,22)18-11-15-5-2-3-8-17(15)23-18;2*1-13-6-10-17(11-7-13)22(20,21)12-16-5-3-4-15-9-8-14(2)19-18(15)16/h4-12,14H,13H2,1-3H3;4-11H,12H2,1-3H3;4-12H,3,13H2,1-2H3;2-11H,12H2,1H3;2*3-11H,12H2,1-2H3. The third kappa shape index (κ3) is 26.3. The van der Waals surface area contributed by atoms with Crippen LogP contribution in [0.25, 0.3) is 75.5 Å². The Hall–Kier alpha value is -13.8. The first-order valence-corrected chi connectivity index (χ1v) is 56.2. The maximum atomic E-state index is 13.0. The molecule has 7 heterocycles. The Bertz CT molecular complexity index is 8380. The monoisotopic (exact) mass is 2010 g/mol. The van der Waals surface area contributed by atoms with Crippen LogP contribution in [0.1, 0.15) is 105 Å². The van der Waals surface area contributed by atoms with Crippen molar-refractivity contribution in [2.24, 2.45) is 0 Å². The van der Waals surface area contributed by atoms with E-state index in [0.717, 1.165) is 143 Å². The number of aryl methyl sites for hydroxylation is 9. The maximum absolute atomic E-state index is 13.0. The van der Waals surface area contributed by atoms with Crippen molar-refractivity contribution in [1.29, 1.82) is 0 Å². The lowest BCUT2D eigenvalue weighted by Gasteiger charge is -2.13. The normalized spacial score (nSPS) is 11.8. The molecule has 0 spiro atoms. The quantitative estimate of drug-likeness (QED) is 0.0574. The van der Waals surface area contributed by atoms with Crippen molar-refractivity contribution in [3.8, 4) is 17.2 Å². The van der Waals surface area contributed by atoms with Crippen molar-refractivity contribution >= 4 is 146 Å². The number of para-hydroxylation sites is 7. The summed E-state index contributed by atoms with van der Waals surface area (Å²) in [5.41, 5.74) is 17.0. The minimum absolute atomic E-state index is 0.0341. The minimum Gasteiger partial charge on any atom is -0.495 e. The van der Waals surface area contributed by atoms with Crippen LogP contribution in [-0.2, 0) is 93.5 Å². The third-order valence-electron chi connectivity index (χ3n) is 23.0. The van der Waals surface area contributed by atoms with Gasteiger partial charge in [-0.15, -0.1) is 11.3 Å². The number of fused-ring (bicyclic) bond motifs is 7. The van der Waals surface area contributed by atoms with Gasteiger partial charge in [0.25, 0.3) is 0 Å². The molecule has 722 valence electrons. The number of aromatic nitrogens is 6. The van der Waals surface area contributed by atoms with Crippen LogP contribution in [0, 0.1) is 62.3 Å². The van der Waals surface area contributed by atoms with Crippen LogP contribution in [0.15, 0.2) is 356 Å². The fourth-order valence-corrected chi connectivity index (χ4v) is 25.8. The van der Waals surface area contributed by atoms with Crippen LogP contribution < -0.4 is 14.2 Å². The number of nitrogens with zero attached hydrogens (tertiary/aromatic N) is 6. The van der Waals surface area contributed by atoms with E-state index in [1.165, 1.54) is 18.4 Å². The number of hydrogen-bond donors (Lipinski definition) is 0. The first kappa shape index (κ1) is 103. The second-order valence-corrected chi connectivity index (χ2v) is 47.8. The van der Waals surface area contributed by atoms with E-state index in [9.17, 15) is 50.5 Å². The molecule has 0 saturated heterocycles. The molecule has 0 fully saturated rings. The molecule has 21 nitrogen and oxygen atoms in total. The van der Waals surface area contributed by atoms with Gasteiger partial charge in [0.1, 0.15) is 26.4 Å². The van der Waals surface area contributed by atoms with Gasteiger partial charge in [-0.2, -0.15) is 0 Å². The van der Waals surface area contributed by atoms with Crippen LogP contribution >= 0.6 is 11.3 Å². The van der Waals surface area contributed by atoms with Gasteiger partial charge in [0.15, 0.2) is 59.0 Å². The number of pyridine rings is 6. The van der Waals surface area contributed by atoms with E-state index in [2.05, 4.69) is 29.9 Å². The zero-order valence-electron chi connectivity index (χ0n) is 80.4. The van der Waals surface area contributed by atoms with E-state index >= 15 is 0 Å². The summed E-state index contributed by atoms with van der Waals surface area (Å²) in [6, 6.07) is 98.9. The third-order valence-corrected chi connectivity index (χ3v) is 34.7. The maximum Gasteiger partial charge on any atom is 0.191 e. The van der Waals surface area contributed by atoms with Crippen molar-refractivity contribution in [3.63, 3.8) is 0 Å². The summed E-state index contributed by atoms with van der Waals surface area (Å²) in [4.78, 5) is 28.6. The molecule has 0 amide bonds. The number of sulfone groups is 6. The molecular formula is C113H108N6O15S7. The first-order chi connectivity index (χ1) is 67.2. The molecule has 0 saturated carbocycles. The second kappa shape index (κ2) is 44.7. The van der Waals surface area contributed by atoms with Crippen LogP contribution in [0.3, 0.4) is 0 Å². The number of rotatable bonds is 23. The molecule has 0 aliphatic rings. The van der Waals surface area contributed by atoms with Crippen LogP contribution in [0.5, 0.6) is 17.2 Å². The molecule has 28 heteroatoms. The Balaban J connectivity index is 0.000000135. The second-order valence-electron chi connectivity index (χ2n) is 34.6. The average molecular weight is 2010 g/mol. The number of methoxy groups -OCH3 is 1. The number of benzene rings is 12. The van der Waals surface area contributed by atoms with E-state index in [1.807, 2.05) is 320 Å². The van der Waals surface area contributed by atoms with Gasteiger partial charge in [-0.05, 0) is 255 Å². The molecule has 0 atom stereocenters. The Morgan fingerprint density at radius 1 is 0.277 bits per heavy atom. The predicted octanol–water partition coefficient (Wildman–Crippen LogP) is 24.4. The molecular weight excluding hydrogens is 1910 g/mol. The lowest BCUT2D eigenvalue weighted by atomic mass is 10.1. The number of thiophene rings is 1. The number of ether oxygens (including phenoxy) is 3. The van der Waals surface area contributed by atoms with Gasteiger partial charge in [-0.1, -0.05) is 211 Å². The van der Waals surface area contributed by atoms with Crippen LogP contribution in [0.4, 0.5) is 0 Å². The molecule has 0 aliphatic carbocycles. The van der Waals surface area contributed by atoms with Gasteiger partial charge in [-0.3, -0.25) is 29.9 Å². The zero-order valence-corrected chi connectivity index (χ0v) is 86.1. The number of hydrogen-bond acceptors (Lipinski definition) is 22. The molecule has 19 aromatic rings. The van der Waals surface area contributed by atoms with E-state index in [1.54, 1.807) is 91.0 Å². The van der Waals surface area contributed by atoms with E-state index < -0.39 is 59.0 Å². The summed E-state index contributed by atoms with van der Waals surface area (Å²) in [6.45, 7) is 23.4. The van der Waals surface area contributed by atoms with Crippen molar-refractivity contribution in [2.75, 3.05) is 13.7 Å². The lowest BCUT2D eigenvalue weighted by Crippen LogP contribution is -2.08. The van der Waals surface area contributed by atoms with Crippen molar-refractivity contribution in [2.45, 2.75) is 152 Å². The van der Waals surface area contributed by atoms with E-state index in [0.29, 0.717) is 54.5 Å². The summed E-state index contributed by atoms with van der Waals surface area (Å²) in [5, 5.41) is 6.67. The highest BCUT2D eigenvalue weighted by Crippen LogP contribution is 2.36. The van der Waals surface area contributed by atoms with Gasteiger partial charge in [0, 0.05) is 71.2 Å². The molecule has 0 unspecified atom stereocenters. The topological polar surface area (TPSA) is 310 Å². The van der Waals surface area contributed by atoms with Crippen LogP contribution in [-0.4, -0.2) is 100 Å². The minimum atomic E-state index is -3.55. The highest BCUT2D eigenvalue weighted by atomic mass is 32.2. The van der Waals surface area contributed by atoms with Crippen molar-refractivity contribution in [3.05, 3.63) is 412 Å². The van der Waals surface area contributed by atoms with Crippen LogP contribution in [0.2, 0.25) is 0 Å². The first-order valence-electron chi connectivity index (χ1n) is 45.4. The summed E-state index contributed by atoms with van der Waals surface area (Å²) >= 11 is 1.32. The zero-order chi connectivity index (χ0) is 101. The SMILES string of the molecule is CCOc1ccc(S(=O)(=O)Cc2cccc3ccc(C)nc23)cc1.COc1c(C)cccc1S(=O)(=O)Cc1cccc2ccc(C)nc12.Cc1ccc(S(=O)(=O)Cc2cccc3ccc(C)nc23)cc1.Cc1ccc(S(=O)(=O)Cc2cccc3ccc(C)nc23)cc1.Cc1ccc2cccc(CS(=O)(=O)c3cc4ccccc4s3)c2n1.Cc1ccc2cccc(CS(=O)(=O)c3ccc(OC(C)C)cc3)c2n1. The molecule has 0 radical (unpaired) electrons. The Kier molecular flexibility index (Phi) is 32.7. The molecule has 0 N–H and O–H groups in total. The molecule has 0 aliphatic heterocycles. The average Bonchev–Trinajstić information content (AvgIpc) is 1.62. The van der Waals surface area contributed by atoms with Gasteiger partial charge in [0.05, 0.1) is 107 Å². The van der Waals surface area contributed by atoms with Gasteiger partial charge in [-0.25, -0.2) is 50.5 Å². The summed E-state index contributed by atoms with van der Waals surface area (Å²) < 4.78 is 171. The Morgan fingerprint density at radius 2 is 0.546 bits per heavy atom. The molecule has 141 heavy (non-hydrogen) atoms. The van der Waals surface area contributed by atoms with Gasteiger partial charge >= 0.3 is 0 Å². The summed E-state index contributed by atoms with van der Waals surface area (Å²) in [7, 11) is -19.1. The van der Waals surface area contributed by atoms with Gasteiger partial charge < -0.3 is 14.2 Å². The fourth-order valence-electron chi connectivity index (χ4n) is 15.9. The summed E-state index contributed by atoms with van der Waals surface area (Å²) in [5.74, 6) is 1.36. The lowest BCUT2D eigenvalue weighted by molar-refractivity contribution is 0.242. The predicted molar refractivity (Wildman–Crippen MR) is 566 cm³/mol. The largest absolute Gasteiger partial charge is 0.495 e. The van der Waals surface area contributed by atoms with Crippen molar-refractivity contribution in [1.82, 2.24) is 29.9 Å². The Morgan fingerprint density at radius 3 is 0.837 bits per heavy atom. The molecule has 7 aromatic heterocycles. The molecule has 12 aromatic carbocycles. The molecule has 0 bridgehead atoms. The van der Waals surface area contributed by atoms with Gasteiger partial charge in [0.2, 0.25) is 0 Å². The highest BCUT2D eigenvalue weighted by Gasteiger charge is 2.27. The fraction of sp³-hybridized carbons (Fsp3) is 0.186. The molecule has 19 rings (SSSR count). The smallest absolute Gasteiger partial charge is 0.191 e. The Labute approximate surface area is 829 Å². The highest BCUT2D eigenvalue weighted by molar-refractivity contribution is 7.93.